The van der Waals surface area contributed by atoms with E-state index in [2.05, 4.69) is 5.32 Å². The van der Waals surface area contributed by atoms with Gasteiger partial charge >= 0.3 is 0 Å². The molecule has 1 aliphatic carbocycles. The number of halogens is 2. The average molecular weight is 464 g/mol. The van der Waals surface area contributed by atoms with Crippen LogP contribution < -0.4 is 5.32 Å². The van der Waals surface area contributed by atoms with Gasteiger partial charge in [0, 0.05) is 16.5 Å². The first-order valence-electron chi connectivity index (χ1n) is 11.0. The number of fused-ring (bicyclic) bond motifs is 1. The number of carbonyl (C=O) groups is 1. The van der Waals surface area contributed by atoms with Gasteiger partial charge in [-0.05, 0) is 61.4 Å². The van der Waals surface area contributed by atoms with Crippen LogP contribution in [-0.2, 0) is 0 Å². The van der Waals surface area contributed by atoms with E-state index in [0.717, 1.165) is 30.2 Å². The zero-order valence-corrected chi connectivity index (χ0v) is 18.6. The molecule has 2 N–H and O–H groups in total. The molecule has 168 valence electrons. The second-order valence-electron chi connectivity index (χ2n) is 8.38. The van der Waals surface area contributed by atoms with Crippen LogP contribution in [0.4, 0.5) is 4.39 Å². The Hall–Kier alpha value is -3.22. The minimum Gasteiger partial charge on any atom is -0.391 e. The first-order chi connectivity index (χ1) is 16.0. The summed E-state index contributed by atoms with van der Waals surface area (Å²) >= 11 is 6.45. The summed E-state index contributed by atoms with van der Waals surface area (Å²) in [6, 6.07) is 18.6. The average Bonchev–Trinajstić information content (AvgIpc) is 3.20. The van der Waals surface area contributed by atoms with Gasteiger partial charge in [-0.25, -0.2) is 9.07 Å². The van der Waals surface area contributed by atoms with Gasteiger partial charge in [-0.2, -0.15) is 5.10 Å². The molecule has 0 unspecified atom stereocenters. The van der Waals surface area contributed by atoms with Crippen LogP contribution in [0, 0.1) is 5.82 Å². The summed E-state index contributed by atoms with van der Waals surface area (Å²) in [5.41, 5.74) is 3.28. The molecule has 1 amide bonds. The molecule has 0 bridgehead atoms. The molecule has 1 aliphatic rings. The lowest BCUT2D eigenvalue weighted by atomic mass is 9.92. The first-order valence-corrected chi connectivity index (χ1v) is 11.4. The molecule has 2 atom stereocenters. The van der Waals surface area contributed by atoms with Gasteiger partial charge in [0.15, 0.2) is 0 Å². The third-order valence-corrected chi connectivity index (χ3v) is 6.52. The number of hydrogen-bond donors (Lipinski definition) is 2. The van der Waals surface area contributed by atoms with Crippen molar-refractivity contribution in [2.75, 3.05) is 0 Å². The maximum atomic E-state index is 13.5. The number of aliphatic hydroxyl groups excluding tert-OH is 1. The number of aliphatic hydroxyl groups is 1. The van der Waals surface area contributed by atoms with Crippen LogP contribution in [0.25, 0.3) is 27.8 Å². The second kappa shape index (κ2) is 8.96. The van der Waals surface area contributed by atoms with Crippen molar-refractivity contribution < 1.29 is 14.3 Å². The van der Waals surface area contributed by atoms with Crippen molar-refractivity contribution in [3.8, 4) is 16.9 Å². The first kappa shape index (κ1) is 21.6. The fraction of sp³-hybridized carbons (Fsp3) is 0.231. The van der Waals surface area contributed by atoms with E-state index in [-0.39, 0.29) is 17.8 Å². The van der Waals surface area contributed by atoms with Gasteiger partial charge in [-0.1, -0.05) is 42.6 Å². The molecule has 0 saturated heterocycles. The van der Waals surface area contributed by atoms with Crippen LogP contribution in [0.3, 0.4) is 0 Å². The fourth-order valence-electron chi connectivity index (χ4n) is 4.42. The van der Waals surface area contributed by atoms with Crippen molar-refractivity contribution in [2.24, 2.45) is 0 Å². The molecule has 3 aromatic carbocycles. The monoisotopic (exact) mass is 463 g/mol. The molecule has 0 aliphatic heterocycles. The molecule has 1 aromatic heterocycles. The minimum absolute atomic E-state index is 0.242. The SMILES string of the molecule is O=C(N[C@@H]1CCCC[C@H]1O)c1ccc2c(-c3ccccc3Cl)nn(-c3ccc(F)cc3)c2c1. The Kier molecular flexibility index (Phi) is 5.87. The van der Waals surface area contributed by atoms with Crippen LogP contribution >= 0.6 is 11.6 Å². The smallest absolute Gasteiger partial charge is 0.251 e. The van der Waals surface area contributed by atoms with Crippen molar-refractivity contribution in [2.45, 2.75) is 37.8 Å². The van der Waals surface area contributed by atoms with Gasteiger partial charge in [-0.15, -0.1) is 0 Å². The third kappa shape index (κ3) is 4.24. The van der Waals surface area contributed by atoms with E-state index in [9.17, 15) is 14.3 Å². The van der Waals surface area contributed by atoms with E-state index < -0.39 is 6.10 Å². The quantitative estimate of drug-likeness (QED) is 0.419. The van der Waals surface area contributed by atoms with Crippen LogP contribution in [0.15, 0.2) is 66.7 Å². The van der Waals surface area contributed by atoms with Gasteiger partial charge < -0.3 is 10.4 Å². The Morgan fingerprint density at radius 2 is 1.82 bits per heavy atom. The highest BCUT2D eigenvalue weighted by Crippen LogP contribution is 2.34. The zero-order chi connectivity index (χ0) is 22.9. The molecule has 7 heteroatoms. The number of nitrogens with one attached hydrogen (secondary N) is 1. The van der Waals surface area contributed by atoms with E-state index in [1.54, 1.807) is 35.0 Å². The summed E-state index contributed by atoms with van der Waals surface area (Å²) in [6.45, 7) is 0. The number of amides is 1. The minimum atomic E-state index is -0.525. The van der Waals surface area contributed by atoms with E-state index >= 15 is 0 Å². The van der Waals surface area contributed by atoms with Crippen molar-refractivity contribution in [1.82, 2.24) is 15.1 Å². The van der Waals surface area contributed by atoms with Crippen molar-refractivity contribution in [1.29, 1.82) is 0 Å². The Bertz CT molecular complexity index is 1320. The van der Waals surface area contributed by atoms with Gasteiger partial charge in [0.1, 0.15) is 11.5 Å². The van der Waals surface area contributed by atoms with Crippen LogP contribution in [-0.4, -0.2) is 32.9 Å². The van der Waals surface area contributed by atoms with Crippen molar-refractivity contribution in [3.05, 3.63) is 83.1 Å². The molecular formula is C26H23ClFN3O2. The lowest BCUT2D eigenvalue weighted by Crippen LogP contribution is -2.45. The topological polar surface area (TPSA) is 67.2 Å². The molecule has 5 rings (SSSR count). The molecule has 1 heterocycles. The normalized spacial score (nSPS) is 18.4. The molecule has 1 saturated carbocycles. The highest BCUT2D eigenvalue weighted by molar-refractivity contribution is 6.33. The number of rotatable bonds is 4. The number of hydrogen-bond acceptors (Lipinski definition) is 3. The molecule has 1 fully saturated rings. The van der Waals surface area contributed by atoms with E-state index in [0.29, 0.717) is 33.9 Å². The molecular weight excluding hydrogens is 441 g/mol. The summed E-state index contributed by atoms with van der Waals surface area (Å²) < 4.78 is 15.2. The molecule has 33 heavy (non-hydrogen) atoms. The Morgan fingerprint density at radius 3 is 2.58 bits per heavy atom. The van der Waals surface area contributed by atoms with Crippen LogP contribution in [0.5, 0.6) is 0 Å². The standard InChI is InChI=1S/C26H23ClFN3O2/c27-21-6-2-1-5-19(21)25-20-14-9-16(26(33)29-22-7-3-4-8-24(22)32)15-23(20)31(30-25)18-12-10-17(28)11-13-18/h1-2,5-6,9-15,22,24,32H,3-4,7-8H2,(H,29,33)/t22-,24-/m1/s1. The summed E-state index contributed by atoms with van der Waals surface area (Å²) in [5.74, 6) is -0.582. The Morgan fingerprint density at radius 1 is 1.06 bits per heavy atom. The van der Waals surface area contributed by atoms with E-state index in [1.165, 1.54) is 12.1 Å². The van der Waals surface area contributed by atoms with Crippen molar-refractivity contribution >= 4 is 28.4 Å². The predicted octanol–water partition coefficient (Wildman–Crippen LogP) is 5.52. The number of carbonyl (C=O) groups excluding carboxylic acids is 1. The molecule has 0 radical (unpaired) electrons. The summed E-state index contributed by atoms with van der Waals surface area (Å²) in [5, 5.41) is 19.4. The second-order valence-corrected chi connectivity index (χ2v) is 8.79. The van der Waals surface area contributed by atoms with Gasteiger partial charge in [0.05, 0.1) is 28.4 Å². The van der Waals surface area contributed by atoms with Gasteiger partial charge in [0.25, 0.3) is 5.91 Å². The molecule has 4 aromatic rings. The summed E-state index contributed by atoms with van der Waals surface area (Å²) in [6.07, 6.45) is 2.89. The largest absolute Gasteiger partial charge is 0.391 e. The number of aromatic nitrogens is 2. The lowest BCUT2D eigenvalue weighted by Gasteiger charge is -2.28. The highest BCUT2D eigenvalue weighted by Gasteiger charge is 2.25. The summed E-state index contributed by atoms with van der Waals surface area (Å²) in [4.78, 5) is 13.0. The van der Waals surface area contributed by atoms with Gasteiger partial charge in [0.2, 0.25) is 0 Å². The number of benzene rings is 3. The maximum absolute atomic E-state index is 13.5. The van der Waals surface area contributed by atoms with Crippen LogP contribution in [0.2, 0.25) is 5.02 Å². The fourth-order valence-corrected chi connectivity index (χ4v) is 4.64. The highest BCUT2D eigenvalue weighted by atomic mass is 35.5. The molecule has 0 spiro atoms. The zero-order valence-electron chi connectivity index (χ0n) is 17.8. The Balaban J connectivity index is 1.60. The number of nitrogens with zero attached hydrogens (tertiary/aromatic N) is 2. The van der Waals surface area contributed by atoms with Gasteiger partial charge in [-0.3, -0.25) is 4.79 Å². The maximum Gasteiger partial charge on any atom is 0.251 e. The third-order valence-electron chi connectivity index (χ3n) is 6.19. The molecule has 5 nitrogen and oxygen atoms in total. The van der Waals surface area contributed by atoms with Crippen molar-refractivity contribution in [3.63, 3.8) is 0 Å². The lowest BCUT2D eigenvalue weighted by molar-refractivity contribution is 0.0717. The van der Waals surface area contributed by atoms with Crippen LogP contribution in [0.1, 0.15) is 36.0 Å². The Labute approximate surface area is 195 Å². The summed E-state index contributed by atoms with van der Waals surface area (Å²) in [7, 11) is 0. The predicted molar refractivity (Wildman–Crippen MR) is 127 cm³/mol. The van der Waals surface area contributed by atoms with E-state index in [1.807, 2.05) is 24.3 Å². The van der Waals surface area contributed by atoms with E-state index in [4.69, 9.17) is 16.7 Å².